The monoisotopic (exact) mass is 410 g/mol. The quantitative estimate of drug-likeness (QED) is 0.512. The number of carbonyl (C=O) groups is 1. The molecule has 144 valence electrons. The maximum atomic E-state index is 12.7. The highest BCUT2D eigenvalue weighted by atomic mass is 32.2. The van der Waals surface area contributed by atoms with E-state index >= 15 is 0 Å². The van der Waals surface area contributed by atoms with Gasteiger partial charge in [-0.1, -0.05) is 6.07 Å². The van der Waals surface area contributed by atoms with Crippen LogP contribution in [0.1, 0.15) is 11.3 Å². The fourth-order valence-electron chi connectivity index (χ4n) is 2.90. The molecule has 27 heavy (non-hydrogen) atoms. The lowest BCUT2D eigenvalue weighted by molar-refractivity contribution is -0.384. The number of ether oxygens (including phenoxy) is 1. The van der Waals surface area contributed by atoms with Gasteiger partial charge >= 0.3 is 0 Å². The van der Waals surface area contributed by atoms with E-state index in [-0.39, 0.29) is 35.7 Å². The zero-order valence-electron chi connectivity index (χ0n) is 14.3. The van der Waals surface area contributed by atoms with E-state index in [1.54, 1.807) is 4.90 Å². The minimum absolute atomic E-state index is 0.0400. The molecule has 0 saturated carbocycles. The lowest BCUT2D eigenvalue weighted by Gasteiger charge is -2.27. The van der Waals surface area contributed by atoms with Crippen molar-refractivity contribution in [1.82, 2.24) is 4.90 Å². The van der Waals surface area contributed by atoms with Gasteiger partial charge in [-0.2, -0.15) is 0 Å². The molecule has 10 heteroatoms. The van der Waals surface area contributed by atoms with Gasteiger partial charge in [0.15, 0.2) is 16.4 Å². The molecule has 0 spiro atoms. The maximum Gasteiger partial charge on any atom is 0.269 e. The van der Waals surface area contributed by atoms with Gasteiger partial charge in [-0.15, -0.1) is 11.3 Å². The van der Waals surface area contributed by atoms with Gasteiger partial charge in [0.25, 0.3) is 11.6 Å². The summed E-state index contributed by atoms with van der Waals surface area (Å²) in [6.45, 7) is 0.0695. The third-order valence-corrected chi connectivity index (χ3v) is 6.90. The van der Waals surface area contributed by atoms with Crippen LogP contribution in [0, 0.1) is 10.1 Å². The van der Waals surface area contributed by atoms with Crippen molar-refractivity contribution < 1.29 is 22.9 Å². The molecule has 1 aromatic heterocycles. The summed E-state index contributed by atoms with van der Waals surface area (Å²) in [5, 5.41) is 12.6. The summed E-state index contributed by atoms with van der Waals surface area (Å²) in [6, 6.07) is 8.85. The highest BCUT2D eigenvalue weighted by molar-refractivity contribution is 7.91. The number of hydrogen-bond acceptors (Lipinski definition) is 7. The van der Waals surface area contributed by atoms with Crippen molar-refractivity contribution in [2.75, 3.05) is 18.1 Å². The Balaban J connectivity index is 1.67. The number of nitro groups is 1. The Morgan fingerprint density at radius 3 is 2.59 bits per heavy atom. The summed E-state index contributed by atoms with van der Waals surface area (Å²) in [6.07, 6.45) is 0.414. The lowest BCUT2D eigenvalue weighted by Crippen LogP contribution is -2.42. The Hall–Kier alpha value is -2.46. The van der Waals surface area contributed by atoms with Crippen LogP contribution in [0.3, 0.4) is 0 Å². The van der Waals surface area contributed by atoms with Gasteiger partial charge in [0.1, 0.15) is 5.75 Å². The van der Waals surface area contributed by atoms with Crippen LogP contribution in [0.2, 0.25) is 0 Å². The Kier molecular flexibility index (Phi) is 5.76. The number of amides is 1. The van der Waals surface area contributed by atoms with Crippen LogP contribution in [0.4, 0.5) is 5.69 Å². The molecule has 1 aromatic carbocycles. The van der Waals surface area contributed by atoms with Crippen molar-refractivity contribution in [3.8, 4) is 5.75 Å². The third kappa shape index (κ3) is 5.04. The van der Waals surface area contributed by atoms with Crippen LogP contribution in [-0.4, -0.2) is 48.3 Å². The van der Waals surface area contributed by atoms with Crippen molar-refractivity contribution in [3.63, 3.8) is 0 Å². The van der Waals surface area contributed by atoms with E-state index < -0.39 is 14.8 Å². The Bertz CT molecular complexity index is 909. The highest BCUT2D eigenvalue weighted by Crippen LogP contribution is 2.23. The summed E-state index contributed by atoms with van der Waals surface area (Å²) >= 11 is 1.50. The number of nitro benzene ring substituents is 1. The molecule has 3 rings (SSSR count). The minimum atomic E-state index is -3.13. The van der Waals surface area contributed by atoms with E-state index in [0.717, 1.165) is 4.88 Å². The average Bonchev–Trinajstić information content (AvgIpc) is 3.27. The standard InChI is InChI=1S/C17H18N2O6S2/c20-17(11-25-15-5-3-13(4-6-15)19(21)22)18(10-16-2-1-8-26-16)14-7-9-27(23,24)12-14/h1-6,8,14H,7,9-12H2/t14-/m1/s1. The van der Waals surface area contributed by atoms with Crippen LogP contribution in [0.15, 0.2) is 41.8 Å². The Morgan fingerprint density at radius 1 is 1.30 bits per heavy atom. The van der Waals surface area contributed by atoms with E-state index in [9.17, 15) is 23.3 Å². The molecule has 1 saturated heterocycles. The average molecular weight is 410 g/mol. The molecule has 1 fully saturated rings. The second kappa shape index (κ2) is 8.05. The van der Waals surface area contributed by atoms with Gasteiger partial charge in [-0.25, -0.2) is 8.42 Å². The number of rotatable bonds is 7. The van der Waals surface area contributed by atoms with Crippen molar-refractivity contribution >= 4 is 32.8 Å². The van der Waals surface area contributed by atoms with E-state index in [4.69, 9.17) is 4.74 Å². The molecule has 0 unspecified atom stereocenters. The van der Waals surface area contributed by atoms with Gasteiger partial charge in [0, 0.05) is 23.1 Å². The van der Waals surface area contributed by atoms with Crippen LogP contribution in [-0.2, 0) is 21.2 Å². The molecule has 1 atom stereocenters. The first-order valence-electron chi connectivity index (χ1n) is 8.23. The molecule has 0 radical (unpaired) electrons. The van der Waals surface area contributed by atoms with Gasteiger partial charge in [0.05, 0.1) is 23.0 Å². The van der Waals surface area contributed by atoms with Gasteiger partial charge in [-0.3, -0.25) is 14.9 Å². The van der Waals surface area contributed by atoms with Gasteiger partial charge in [-0.05, 0) is 30.0 Å². The highest BCUT2D eigenvalue weighted by Gasteiger charge is 2.35. The predicted octanol–water partition coefficient (Wildman–Crippen LogP) is 2.25. The van der Waals surface area contributed by atoms with E-state index in [2.05, 4.69) is 0 Å². The van der Waals surface area contributed by atoms with Crippen molar-refractivity contribution in [3.05, 3.63) is 56.8 Å². The maximum absolute atomic E-state index is 12.7. The predicted molar refractivity (Wildman–Crippen MR) is 101 cm³/mol. The fraction of sp³-hybridized carbons (Fsp3) is 0.353. The lowest BCUT2D eigenvalue weighted by atomic mass is 10.2. The molecular formula is C17H18N2O6S2. The fourth-order valence-corrected chi connectivity index (χ4v) is 5.34. The minimum Gasteiger partial charge on any atom is -0.484 e. The summed E-state index contributed by atoms with van der Waals surface area (Å²) < 4.78 is 29.1. The molecular weight excluding hydrogens is 392 g/mol. The third-order valence-electron chi connectivity index (χ3n) is 4.29. The topological polar surface area (TPSA) is 107 Å². The number of benzene rings is 1. The summed E-state index contributed by atoms with van der Waals surface area (Å²) in [7, 11) is -3.13. The molecule has 2 heterocycles. The second-order valence-electron chi connectivity index (χ2n) is 6.20. The molecule has 2 aromatic rings. The first kappa shape index (κ1) is 19.3. The Labute approximate surface area is 160 Å². The van der Waals surface area contributed by atoms with E-state index in [0.29, 0.717) is 18.7 Å². The number of sulfone groups is 1. The molecule has 0 N–H and O–H groups in total. The number of nitrogens with zero attached hydrogens (tertiary/aromatic N) is 2. The largest absolute Gasteiger partial charge is 0.484 e. The molecule has 1 aliphatic rings. The number of thiophene rings is 1. The SMILES string of the molecule is O=C(COc1ccc([N+](=O)[O-])cc1)N(Cc1cccs1)[C@@H]1CCS(=O)(=O)C1. The number of non-ortho nitro benzene ring substituents is 1. The zero-order valence-corrected chi connectivity index (χ0v) is 15.9. The first-order chi connectivity index (χ1) is 12.8. The van der Waals surface area contributed by atoms with Crippen LogP contribution < -0.4 is 4.74 Å². The van der Waals surface area contributed by atoms with Crippen molar-refractivity contribution in [2.24, 2.45) is 0 Å². The molecule has 0 bridgehead atoms. The van der Waals surface area contributed by atoms with Gasteiger partial charge < -0.3 is 9.64 Å². The molecule has 0 aliphatic carbocycles. The molecule has 8 nitrogen and oxygen atoms in total. The summed E-state index contributed by atoms with van der Waals surface area (Å²) in [5.41, 5.74) is -0.0656. The van der Waals surface area contributed by atoms with E-state index in [1.165, 1.54) is 35.6 Å². The smallest absolute Gasteiger partial charge is 0.269 e. The first-order valence-corrected chi connectivity index (χ1v) is 10.9. The number of hydrogen-bond donors (Lipinski definition) is 0. The Morgan fingerprint density at radius 2 is 2.04 bits per heavy atom. The molecule has 1 aliphatic heterocycles. The van der Waals surface area contributed by atoms with Crippen LogP contribution >= 0.6 is 11.3 Å². The van der Waals surface area contributed by atoms with Crippen LogP contribution in [0.5, 0.6) is 5.75 Å². The van der Waals surface area contributed by atoms with Crippen LogP contribution in [0.25, 0.3) is 0 Å². The van der Waals surface area contributed by atoms with E-state index in [1.807, 2.05) is 17.5 Å². The summed E-state index contributed by atoms with van der Waals surface area (Å²) in [5.74, 6) is 0.0597. The number of carbonyl (C=O) groups excluding carboxylic acids is 1. The second-order valence-corrected chi connectivity index (χ2v) is 9.46. The summed E-state index contributed by atoms with van der Waals surface area (Å²) in [4.78, 5) is 25.4. The van der Waals surface area contributed by atoms with Gasteiger partial charge in [0.2, 0.25) is 0 Å². The van der Waals surface area contributed by atoms with Crippen molar-refractivity contribution in [2.45, 2.75) is 19.0 Å². The van der Waals surface area contributed by atoms with Crippen molar-refractivity contribution in [1.29, 1.82) is 0 Å². The zero-order chi connectivity index (χ0) is 19.4. The normalized spacial score (nSPS) is 18.1. The molecule has 1 amide bonds.